The molecule has 0 amide bonds. The molecular formula is C13H14N2O2S. The van der Waals surface area contributed by atoms with Crippen LogP contribution in [0.1, 0.15) is 12.5 Å². The zero-order valence-electron chi connectivity index (χ0n) is 10.1. The van der Waals surface area contributed by atoms with Crippen LogP contribution in [0.3, 0.4) is 0 Å². The Morgan fingerprint density at radius 2 is 1.94 bits per heavy atom. The molecule has 94 valence electrons. The summed E-state index contributed by atoms with van der Waals surface area (Å²) in [6.45, 7) is 2.27. The average Bonchev–Trinajstić information content (AvgIpc) is 2.39. The number of H-pyrrole nitrogens is 1. The maximum absolute atomic E-state index is 12.1. The summed E-state index contributed by atoms with van der Waals surface area (Å²) in [7, 11) is 0. The van der Waals surface area contributed by atoms with Crippen molar-refractivity contribution in [3.05, 3.63) is 62.9 Å². The fraction of sp³-hybridized carbons (Fsp3) is 0.231. The number of nitrogens with zero attached hydrogens (tertiary/aromatic N) is 1. The second-order valence-electron chi connectivity index (χ2n) is 3.77. The Morgan fingerprint density at radius 1 is 1.22 bits per heavy atom. The van der Waals surface area contributed by atoms with Gasteiger partial charge in [-0.1, -0.05) is 37.3 Å². The van der Waals surface area contributed by atoms with Crippen molar-refractivity contribution in [2.24, 2.45) is 0 Å². The average molecular weight is 262 g/mol. The first-order valence-electron chi connectivity index (χ1n) is 5.71. The normalized spacial score (nSPS) is 10.5. The lowest BCUT2D eigenvalue weighted by Crippen LogP contribution is -2.35. The van der Waals surface area contributed by atoms with Gasteiger partial charge in [-0.15, -0.1) is 11.8 Å². The molecule has 18 heavy (non-hydrogen) atoms. The van der Waals surface area contributed by atoms with E-state index in [-0.39, 0.29) is 11.2 Å². The molecule has 0 spiro atoms. The van der Waals surface area contributed by atoms with Gasteiger partial charge in [0.1, 0.15) is 0 Å². The molecule has 1 N–H and O–H groups in total. The van der Waals surface area contributed by atoms with Crippen LogP contribution in [0.2, 0.25) is 0 Å². The fourth-order valence-electron chi connectivity index (χ4n) is 1.66. The number of nitrogens with one attached hydrogen (secondary N) is 1. The van der Waals surface area contributed by atoms with Crippen LogP contribution < -0.4 is 11.2 Å². The lowest BCUT2D eigenvalue weighted by molar-refractivity contribution is 0.679. The molecule has 0 aliphatic carbocycles. The van der Waals surface area contributed by atoms with Crippen molar-refractivity contribution in [3.63, 3.8) is 0 Å². The van der Waals surface area contributed by atoms with E-state index in [0.29, 0.717) is 11.4 Å². The lowest BCUT2D eigenvalue weighted by Gasteiger charge is -2.06. The monoisotopic (exact) mass is 262 g/mol. The first-order chi connectivity index (χ1) is 8.72. The van der Waals surface area contributed by atoms with Crippen LogP contribution in [0.25, 0.3) is 0 Å². The van der Waals surface area contributed by atoms with Gasteiger partial charge in [0, 0.05) is 6.20 Å². The Bertz CT molecular complexity index is 631. The third kappa shape index (κ3) is 2.73. The van der Waals surface area contributed by atoms with Gasteiger partial charge in [0.05, 0.1) is 11.4 Å². The predicted octanol–water partition coefficient (Wildman–Crippen LogP) is 1.70. The molecule has 0 saturated carbocycles. The summed E-state index contributed by atoms with van der Waals surface area (Å²) in [5.74, 6) is 0.798. The smallest absolute Gasteiger partial charge is 0.313 e. The largest absolute Gasteiger partial charge is 0.328 e. The van der Waals surface area contributed by atoms with Crippen LogP contribution in [0, 0.1) is 0 Å². The molecule has 1 aromatic carbocycles. The first kappa shape index (κ1) is 12.7. The standard InChI is InChI=1S/C13H14N2O2S/c1-2-18-11-8-14-13(17)15(12(11)16)9-10-6-4-3-5-7-10/h3-8H,2,9H2,1H3,(H,14,17). The third-order valence-electron chi connectivity index (χ3n) is 2.51. The highest BCUT2D eigenvalue weighted by Gasteiger charge is 2.07. The number of aromatic amines is 1. The van der Waals surface area contributed by atoms with E-state index in [9.17, 15) is 9.59 Å². The molecule has 0 atom stereocenters. The minimum Gasteiger partial charge on any atom is -0.313 e. The molecule has 0 bridgehead atoms. The number of hydrogen-bond donors (Lipinski definition) is 1. The lowest BCUT2D eigenvalue weighted by atomic mass is 10.2. The van der Waals surface area contributed by atoms with E-state index in [2.05, 4.69) is 4.98 Å². The van der Waals surface area contributed by atoms with E-state index in [1.54, 1.807) is 0 Å². The molecule has 1 heterocycles. The summed E-state index contributed by atoms with van der Waals surface area (Å²) >= 11 is 1.43. The molecule has 0 fully saturated rings. The first-order valence-corrected chi connectivity index (χ1v) is 6.70. The Hall–Kier alpha value is -1.75. The van der Waals surface area contributed by atoms with Crippen molar-refractivity contribution in [1.29, 1.82) is 0 Å². The van der Waals surface area contributed by atoms with E-state index >= 15 is 0 Å². The molecule has 5 heteroatoms. The Kier molecular flexibility index (Phi) is 4.04. The Balaban J connectivity index is 2.41. The molecule has 2 rings (SSSR count). The molecular weight excluding hydrogens is 248 g/mol. The van der Waals surface area contributed by atoms with Gasteiger partial charge in [-0.25, -0.2) is 4.79 Å². The summed E-state index contributed by atoms with van der Waals surface area (Å²) in [5, 5.41) is 0. The van der Waals surface area contributed by atoms with Crippen LogP contribution in [0.5, 0.6) is 0 Å². The maximum atomic E-state index is 12.1. The van der Waals surface area contributed by atoms with Gasteiger partial charge in [-0.3, -0.25) is 9.36 Å². The molecule has 4 nitrogen and oxygen atoms in total. The summed E-state index contributed by atoms with van der Waals surface area (Å²) in [4.78, 5) is 27.0. The summed E-state index contributed by atoms with van der Waals surface area (Å²) in [6, 6.07) is 9.47. The molecule has 1 aromatic heterocycles. The Labute approximate surface area is 109 Å². The second-order valence-corrected chi connectivity index (χ2v) is 5.07. The van der Waals surface area contributed by atoms with Crippen LogP contribution >= 0.6 is 11.8 Å². The van der Waals surface area contributed by atoms with E-state index in [4.69, 9.17) is 0 Å². The highest BCUT2D eigenvalue weighted by atomic mass is 32.2. The van der Waals surface area contributed by atoms with Crippen molar-refractivity contribution < 1.29 is 0 Å². The van der Waals surface area contributed by atoms with Crippen LogP contribution in [0.15, 0.2) is 51.0 Å². The quantitative estimate of drug-likeness (QED) is 0.853. The highest BCUT2D eigenvalue weighted by Crippen LogP contribution is 2.09. The number of thioether (sulfide) groups is 1. The minimum atomic E-state index is -0.371. The maximum Gasteiger partial charge on any atom is 0.328 e. The molecule has 0 aliphatic heterocycles. The summed E-state index contributed by atoms with van der Waals surface area (Å²) in [6.07, 6.45) is 1.49. The van der Waals surface area contributed by atoms with E-state index < -0.39 is 0 Å². The van der Waals surface area contributed by atoms with E-state index in [0.717, 1.165) is 11.3 Å². The molecule has 0 saturated heterocycles. The topological polar surface area (TPSA) is 54.9 Å². The summed E-state index contributed by atoms with van der Waals surface area (Å²) in [5.41, 5.74) is 0.336. The molecule has 2 aromatic rings. The third-order valence-corrected chi connectivity index (χ3v) is 3.40. The van der Waals surface area contributed by atoms with Gasteiger partial charge in [-0.05, 0) is 11.3 Å². The van der Waals surface area contributed by atoms with Crippen LogP contribution in [-0.4, -0.2) is 15.3 Å². The van der Waals surface area contributed by atoms with Gasteiger partial charge in [0.2, 0.25) is 0 Å². The minimum absolute atomic E-state index is 0.227. The van der Waals surface area contributed by atoms with Gasteiger partial charge in [0.25, 0.3) is 5.56 Å². The van der Waals surface area contributed by atoms with Crippen molar-refractivity contribution in [2.75, 3.05) is 5.75 Å². The van der Waals surface area contributed by atoms with E-state index in [1.165, 1.54) is 22.5 Å². The number of benzene rings is 1. The van der Waals surface area contributed by atoms with Crippen molar-refractivity contribution in [3.8, 4) is 0 Å². The van der Waals surface area contributed by atoms with Crippen LogP contribution in [-0.2, 0) is 6.54 Å². The summed E-state index contributed by atoms with van der Waals surface area (Å²) < 4.78 is 1.23. The number of aromatic nitrogens is 2. The SMILES string of the molecule is CCSc1c[nH]c(=O)n(Cc2ccccc2)c1=O. The van der Waals surface area contributed by atoms with Gasteiger partial charge in [-0.2, -0.15) is 0 Å². The van der Waals surface area contributed by atoms with E-state index in [1.807, 2.05) is 37.3 Å². The molecule has 0 unspecified atom stereocenters. The second kappa shape index (κ2) is 5.73. The molecule has 0 aliphatic rings. The zero-order valence-corrected chi connectivity index (χ0v) is 10.9. The number of rotatable bonds is 4. The van der Waals surface area contributed by atoms with Crippen molar-refractivity contribution >= 4 is 11.8 Å². The highest BCUT2D eigenvalue weighted by molar-refractivity contribution is 7.99. The van der Waals surface area contributed by atoms with Crippen molar-refractivity contribution in [1.82, 2.24) is 9.55 Å². The predicted molar refractivity (Wildman–Crippen MR) is 73.3 cm³/mol. The van der Waals surface area contributed by atoms with Crippen molar-refractivity contribution in [2.45, 2.75) is 18.4 Å². The van der Waals surface area contributed by atoms with Gasteiger partial charge in [0.15, 0.2) is 0 Å². The van der Waals surface area contributed by atoms with Crippen LogP contribution in [0.4, 0.5) is 0 Å². The Morgan fingerprint density at radius 3 is 2.61 bits per heavy atom. The fourth-order valence-corrected chi connectivity index (χ4v) is 2.35. The number of hydrogen-bond acceptors (Lipinski definition) is 3. The van der Waals surface area contributed by atoms with Gasteiger partial charge < -0.3 is 4.98 Å². The van der Waals surface area contributed by atoms with Gasteiger partial charge >= 0.3 is 5.69 Å². The molecule has 0 radical (unpaired) electrons. The zero-order chi connectivity index (χ0) is 13.0.